The van der Waals surface area contributed by atoms with Crippen LogP contribution in [0.5, 0.6) is 5.75 Å². The number of nitrogens with one attached hydrogen (secondary N) is 1. The second-order valence-corrected chi connectivity index (χ2v) is 8.42. The average Bonchev–Trinajstić information content (AvgIpc) is 3.29. The summed E-state index contributed by atoms with van der Waals surface area (Å²) in [6.07, 6.45) is 2.59. The molecule has 166 valence electrons. The highest BCUT2D eigenvalue weighted by Gasteiger charge is 2.31. The molecule has 1 N–H and O–H groups in total. The largest absolute Gasteiger partial charge is 0.494 e. The van der Waals surface area contributed by atoms with Gasteiger partial charge < -0.3 is 14.5 Å². The molecular weight excluding hydrogens is 430 g/mol. The van der Waals surface area contributed by atoms with Gasteiger partial charge in [0.15, 0.2) is 0 Å². The predicted molar refractivity (Wildman–Crippen MR) is 123 cm³/mol. The van der Waals surface area contributed by atoms with Crippen molar-refractivity contribution in [2.45, 2.75) is 18.8 Å². The van der Waals surface area contributed by atoms with Crippen molar-refractivity contribution in [1.82, 2.24) is 14.9 Å². The molecule has 0 bridgehead atoms. The molecule has 2 amide bonds. The normalized spacial score (nSPS) is 19.4. The summed E-state index contributed by atoms with van der Waals surface area (Å²) in [5.74, 6) is 0.928. The summed E-state index contributed by atoms with van der Waals surface area (Å²) in [7, 11) is 1.66. The maximum Gasteiger partial charge on any atom is 0.234 e. The Kier molecular flexibility index (Phi) is 5.38. The molecule has 1 aromatic carbocycles. The maximum absolute atomic E-state index is 12.3. The summed E-state index contributed by atoms with van der Waals surface area (Å²) < 4.78 is 7.35. The van der Waals surface area contributed by atoms with Crippen molar-refractivity contribution in [1.29, 1.82) is 0 Å². The Morgan fingerprint density at radius 1 is 1.06 bits per heavy atom. The first kappa shape index (κ1) is 20.6. The highest BCUT2D eigenvalue weighted by atomic mass is 35.5. The van der Waals surface area contributed by atoms with Crippen LogP contribution >= 0.6 is 11.6 Å². The number of halogens is 1. The number of aromatic nitrogens is 2. The maximum atomic E-state index is 12.3. The SMILES string of the molecule is COc1ccc(N2CCN(c3cccc(C4CCC(=O)NC4=O)c3Cl)CC2)n2nccc12. The van der Waals surface area contributed by atoms with E-state index >= 15 is 0 Å². The Labute approximate surface area is 190 Å². The number of anilines is 2. The van der Waals surface area contributed by atoms with Crippen LogP contribution in [0.4, 0.5) is 11.5 Å². The van der Waals surface area contributed by atoms with E-state index in [4.69, 9.17) is 16.3 Å². The van der Waals surface area contributed by atoms with Crippen molar-refractivity contribution in [3.8, 4) is 5.75 Å². The Bertz CT molecular complexity index is 1190. The Morgan fingerprint density at radius 3 is 2.59 bits per heavy atom. The van der Waals surface area contributed by atoms with Crippen LogP contribution in [0.2, 0.25) is 5.02 Å². The highest BCUT2D eigenvalue weighted by Crippen LogP contribution is 2.37. The number of pyridine rings is 1. The number of piperidine rings is 1. The number of ether oxygens (including phenoxy) is 1. The van der Waals surface area contributed by atoms with Gasteiger partial charge >= 0.3 is 0 Å². The van der Waals surface area contributed by atoms with E-state index in [0.29, 0.717) is 17.9 Å². The zero-order chi connectivity index (χ0) is 22.2. The third-order valence-electron chi connectivity index (χ3n) is 6.28. The van der Waals surface area contributed by atoms with Gasteiger partial charge in [-0.2, -0.15) is 5.10 Å². The second-order valence-electron chi connectivity index (χ2n) is 8.05. The molecule has 0 saturated carbocycles. The average molecular weight is 454 g/mol. The van der Waals surface area contributed by atoms with E-state index in [9.17, 15) is 9.59 Å². The van der Waals surface area contributed by atoms with Gasteiger partial charge in [0.25, 0.3) is 0 Å². The van der Waals surface area contributed by atoms with Crippen LogP contribution in [0.1, 0.15) is 24.3 Å². The highest BCUT2D eigenvalue weighted by molar-refractivity contribution is 6.34. The molecule has 0 spiro atoms. The summed E-state index contributed by atoms with van der Waals surface area (Å²) in [6.45, 7) is 3.18. The lowest BCUT2D eigenvalue weighted by Gasteiger charge is -2.38. The summed E-state index contributed by atoms with van der Waals surface area (Å²) in [5.41, 5.74) is 2.64. The molecule has 2 saturated heterocycles. The Balaban J connectivity index is 1.35. The van der Waals surface area contributed by atoms with Crippen LogP contribution in [-0.4, -0.2) is 54.7 Å². The van der Waals surface area contributed by atoms with E-state index < -0.39 is 5.92 Å². The van der Waals surface area contributed by atoms with Crippen LogP contribution in [0, 0.1) is 0 Å². The lowest BCUT2D eigenvalue weighted by molar-refractivity contribution is -0.134. The van der Waals surface area contributed by atoms with Gasteiger partial charge in [-0.1, -0.05) is 23.7 Å². The van der Waals surface area contributed by atoms with Gasteiger partial charge in [-0.3, -0.25) is 14.9 Å². The van der Waals surface area contributed by atoms with Crippen LogP contribution in [-0.2, 0) is 9.59 Å². The fourth-order valence-electron chi connectivity index (χ4n) is 4.61. The third-order valence-corrected chi connectivity index (χ3v) is 6.69. The van der Waals surface area contributed by atoms with Gasteiger partial charge in [-0.15, -0.1) is 0 Å². The molecule has 2 aliphatic rings. The summed E-state index contributed by atoms with van der Waals surface area (Å²) in [4.78, 5) is 28.4. The minimum absolute atomic E-state index is 0.223. The molecule has 4 heterocycles. The number of rotatable bonds is 4. The summed E-state index contributed by atoms with van der Waals surface area (Å²) >= 11 is 6.78. The number of fused-ring (bicyclic) bond motifs is 1. The van der Waals surface area contributed by atoms with Gasteiger partial charge in [-0.05, 0) is 36.2 Å². The van der Waals surface area contributed by atoms with Crippen molar-refractivity contribution < 1.29 is 14.3 Å². The van der Waals surface area contributed by atoms with Crippen LogP contribution in [0.25, 0.3) is 5.52 Å². The fraction of sp³-hybridized carbons (Fsp3) is 0.348. The molecule has 0 radical (unpaired) electrons. The van der Waals surface area contributed by atoms with Gasteiger partial charge in [0, 0.05) is 32.6 Å². The Morgan fingerprint density at radius 2 is 1.84 bits per heavy atom. The number of nitrogens with zero attached hydrogens (tertiary/aromatic N) is 4. The van der Waals surface area contributed by atoms with E-state index in [-0.39, 0.29) is 11.8 Å². The zero-order valence-electron chi connectivity index (χ0n) is 17.8. The van der Waals surface area contributed by atoms with Crippen molar-refractivity contribution in [3.63, 3.8) is 0 Å². The van der Waals surface area contributed by atoms with E-state index in [2.05, 4.69) is 20.2 Å². The second kappa shape index (κ2) is 8.35. The van der Waals surface area contributed by atoms with Crippen LogP contribution in [0.3, 0.4) is 0 Å². The molecule has 1 unspecified atom stereocenters. The van der Waals surface area contributed by atoms with Crippen molar-refractivity contribution >= 4 is 40.4 Å². The first-order valence-electron chi connectivity index (χ1n) is 10.7. The molecule has 2 aromatic heterocycles. The fourth-order valence-corrected chi connectivity index (χ4v) is 4.99. The minimum Gasteiger partial charge on any atom is -0.494 e. The quantitative estimate of drug-likeness (QED) is 0.612. The van der Waals surface area contributed by atoms with Crippen molar-refractivity contribution in [2.24, 2.45) is 0 Å². The molecule has 2 aliphatic heterocycles. The number of piperazine rings is 1. The number of amides is 2. The molecule has 0 aliphatic carbocycles. The minimum atomic E-state index is -0.395. The molecule has 1 atom stereocenters. The molecule has 3 aromatic rings. The molecule has 9 heteroatoms. The van der Waals surface area contributed by atoms with Gasteiger partial charge in [-0.25, -0.2) is 4.52 Å². The van der Waals surface area contributed by atoms with Gasteiger partial charge in [0.2, 0.25) is 11.8 Å². The first-order valence-corrected chi connectivity index (χ1v) is 11.1. The Hall–Kier alpha value is -3.26. The number of carbonyl (C=O) groups is 2. The molecule has 5 rings (SSSR count). The van der Waals surface area contributed by atoms with Gasteiger partial charge in [0.05, 0.1) is 29.9 Å². The predicted octanol–water partition coefficient (Wildman–Crippen LogP) is 2.84. The monoisotopic (exact) mass is 453 g/mol. The van der Waals surface area contributed by atoms with Crippen molar-refractivity contribution in [2.75, 3.05) is 43.1 Å². The standard InChI is InChI=1S/C23H24ClN5O3/c1-32-19-6-8-21(29-17(19)9-10-25-29)28-13-11-27(12-14-28)18-4-2-3-15(22(18)24)16-5-7-20(30)26-23(16)31/h2-4,6,8-10,16H,5,7,11-14H2,1H3,(H,26,30,31). The number of hydrogen-bond acceptors (Lipinski definition) is 6. The molecular formula is C23H24ClN5O3. The van der Waals surface area contributed by atoms with Crippen molar-refractivity contribution in [3.05, 3.63) is 53.2 Å². The van der Waals surface area contributed by atoms with Crippen LogP contribution < -0.4 is 19.9 Å². The van der Waals surface area contributed by atoms with Crippen LogP contribution in [0.15, 0.2) is 42.6 Å². The smallest absolute Gasteiger partial charge is 0.234 e. The first-order chi connectivity index (χ1) is 15.6. The van der Waals surface area contributed by atoms with E-state index in [0.717, 1.165) is 54.5 Å². The molecule has 8 nitrogen and oxygen atoms in total. The summed E-state index contributed by atoms with van der Waals surface area (Å²) in [5, 5.41) is 7.48. The number of imide groups is 1. The molecule has 32 heavy (non-hydrogen) atoms. The lowest BCUT2D eigenvalue weighted by atomic mass is 9.90. The molecule has 2 fully saturated rings. The number of hydrogen-bond donors (Lipinski definition) is 1. The number of carbonyl (C=O) groups excluding carboxylic acids is 2. The topological polar surface area (TPSA) is 79.2 Å². The third kappa shape index (κ3) is 3.54. The van der Waals surface area contributed by atoms with E-state index in [1.807, 2.05) is 40.9 Å². The zero-order valence-corrected chi connectivity index (χ0v) is 18.5. The van der Waals surface area contributed by atoms with Gasteiger partial charge in [0.1, 0.15) is 17.1 Å². The summed E-state index contributed by atoms with van der Waals surface area (Å²) in [6, 6.07) is 11.8. The lowest BCUT2D eigenvalue weighted by Crippen LogP contribution is -2.47. The number of methoxy groups -OCH3 is 1. The van der Waals surface area contributed by atoms with E-state index in [1.165, 1.54) is 0 Å². The number of benzene rings is 1. The van der Waals surface area contributed by atoms with E-state index in [1.54, 1.807) is 13.3 Å².